The monoisotopic (exact) mass is 437 g/mol. The Kier molecular flexibility index (Phi) is 6.20. The minimum absolute atomic E-state index is 0.00435. The van der Waals surface area contributed by atoms with Crippen LogP contribution in [0.25, 0.3) is 0 Å². The van der Waals surface area contributed by atoms with Crippen molar-refractivity contribution in [1.29, 1.82) is 5.26 Å². The SMILES string of the molecule is CC(C)(C)c1cn(C[C@H]2CCCO2)c(=NC(=O)c2cc(C(F)(F)F)ccc2C#N)s1. The fourth-order valence-corrected chi connectivity index (χ4v) is 4.15. The molecule has 1 amide bonds. The second kappa shape index (κ2) is 8.36. The maximum atomic E-state index is 13.1. The Labute approximate surface area is 176 Å². The molecule has 1 saturated heterocycles. The molecule has 2 heterocycles. The van der Waals surface area contributed by atoms with Crippen molar-refractivity contribution in [2.24, 2.45) is 4.99 Å². The molecule has 1 aromatic heterocycles. The molecule has 0 N–H and O–H groups in total. The molecule has 1 aliphatic rings. The van der Waals surface area contributed by atoms with Crippen LogP contribution in [-0.2, 0) is 22.9 Å². The number of ether oxygens (including phenoxy) is 1. The maximum absolute atomic E-state index is 13.1. The Balaban J connectivity index is 2.06. The molecule has 1 atom stereocenters. The van der Waals surface area contributed by atoms with Gasteiger partial charge >= 0.3 is 6.18 Å². The zero-order valence-corrected chi connectivity index (χ0v) is 17.7. The Morgan fingerprint density at radius 2 is 2.10 bits per heavy atom. The van der Waals surface area contributed by atoms with Crippen LogP contribution in [0.15, 0.2) is 29.4 Å². The first kappa shape index (κ1) is 22.2. The van der Waals surface area contributed by atoms with E-state index in [-0.39, 0.29) is 22.6 Å². The molecule has 0 aliphatic carbocycles. The van der Waals surface area contributed by atoms with E-state index in [0.29, 0.717) is 24.0 Å². The molecule has 9 heteroatoms. The second-order valence-corrected chi connectivity index (χ2v) is 9.21. The number of hydrogen-bond acceptors (Lipinski definition) is 4. The largest absolute Gasteiger partial charge is 0.416 e. The van der Waals surface area contributed by atoms with E-state index in [4.69, 9.17) is 4.74 Å². The van der Waals surface area contributed by atoms with Gasteiger partial charge in [-0.25, -0.2) is 0 Å². The van der Waals surface area contributed by atoms with Gasteiger partial charge in [-0.05, 0) is 36.5 Å². The van der Waals surface area contributed by atoms with Crippen molar-refractivity contribution in [3.63, 3.8) is 0 Å². The topological polar surface area (TPSA) is 67.4 Å². The second-order valence-electron chi connectivity index (χ2n) is 8.20. The number of amides is 1. The van der Waals surface area contributed by atoms with E-state index in [9.17, 15) is 23.2 Å². The molecule has 5 nitrogen and oxygen atoms in total. The lowest BCUT2D eigenvalue weighted by atomic mass is 9.95. The molecule has 0 unspecified atom stereocenters. The molecule has 0 spiro atoms. The summed E-state index contributed by atoms with van der Waals surface area (Å²) < 4.78 is 46.7. The van der Waals surface area contributed by atoms with Crippen molar-refractivity contribution in [3.8, 4) is 6.07 Å². The number of nitriles is 1. The number of halogens is 3. The minimum Gasteiger partial charge on any atom is -0.376 e. The number of aromatic nitrogens is 1. The van der Waals surface area contributed by atoms with Crippen LogP contribution in [-0.4, -0.2) is 23.2 Å². The minimum atomic E-state index is -4.62. The van der Waals surface area contributed by atoms with E-state index >= 15 is 0 Å². The van der Waals surface area contributed by atoms with Gasteiger partial charge in [0.25, 0.3) is 5.91 Å². The predicted molar refractivity (Wildman–Crippen MR) is 106 cm³/mol. The number of benzene rings is 1. The molecule has 3 rings (SSSR count). The summed E-state index contributed by atoms with van der Waals surface area (Å²) in [7, 11) is 0. The quantitative estimate of drug-likeness (QED) is 0.702. The van der Waals surface area contributed by atoms with E-state index in [1.165, 1.54) is 11.3 Å². The summed E-state index contributed by atoms with van der Waals surface area (Å²) >= 11 is 1.31. The Morgan fingerprint density at radius 1 is 1.37 bits per heavy atom. The molecule has 1 fully saturated rings. The summed E-state index contributed by atoms with van der Waals surface area (Å²) in [5, 5.41) is 9.24. The van der Waals surface area contributed by atoms with Gasteiger partial charge in [0.05, 0.1) is 35.4 Å². The van der Waals surface area contributed by atoms with Gasteiger partial charge in [0.2, 0.25) is 0 Å². The van der Waals surface area contributed by atoms with Gasteiger partial charge in [0.15, 0.2) is 4.80 Å². The van der Waals surface area contributed by atoms with E-state index in [2.05, 4.69) is 4.99 Å². The third-order valence-corrected chi connectivity index (χ3v) is 6.22. The van der Waals surface area contributed by atoms with Gasteiger partial charge in [-0.2, -0.15) is 23.4 Å². The highest BCUT2D eigenvalue weighted by atomic mass is 32.1. The molecule has 0 saturated carbocycles. The number of rotatable bonds is 3. The molecule has 1 aromatic carbocycles. The smallest absolute Gasteiger partial charge is 0.376 e. The maximum Gasteiger partial charge on any atom is 0.416 e. The van der Waals surface area contributed by atoms with E-state index < -0.39 is 17.6 Å². The zero-order chi connectivity index (χ0) is 22.1. The molecular weight excluding hydrogens is 415 g/mol. The van der Waals surface area contributed by atoms with Gasteiger partial charge in [-0.3, -0.25) is 4.79 Å². The highest BCUT2D eigenvalue weighted by Gasteiger charge is 2.32. The molecule has 2 aromatic rings. The first-order valence-electron chi connectivity index (χ1n) is 9.52. The van der Waals surface area contributed by atoms with Crippen LogP contribution in [0.4, 0.5) is 13.2 Å². The van der Waals surface area contributed by atoms with Crippen molar-refractivity contribution in [3.05, 3.63) is 50.8 Å². The standard InChI is InChI=1S/C21H22F3N3O2S/c1-20(2,3)17-12-27(11-15-5-4-8-29-15)19(30-17)26-18(28)16-9-14(21(22,23)24)7-6-13(16)10-25/h6-7,9,12,15H,4-5,8,11H2,1-3H3/t15-/m1/s1. The van der Waals surface area contributed by atoms with Crippen molar-refractivity contribution in [2.75, 3.05) is 6.61 Å². The van der Waals surface area contributed by atoms with Gasteiger partial charge in [0, 0.05) is 17.7 Å². The van der Waals surface area contributed by atoms with Gasteiger partial charge in [0.1, 0.15) is 0 Å². The predicted octanol–water partition coefficient (Wildman–Crippen LogP) is 4.66. The first-order valence-corrected chi connectivity index (χ1v) is 10.3. The fraction of sp³-hybridized carbons (Fsp3) is 0.476. The first-order chi connectivity index (χ1) is 14.0. The summed E-state index contributed by atoms with van der Waals surface area (Å²) in [4.78, 5) is 18.3. The van der Waals surface area contributed by atoms with Gasteiger partial charge < -0.3 is 9.30 Å². The Bertz CT molecular complexity index is 1050. The lowest BCUT2D eigenvalue weighted by Crippen LogP contribution is -2.23. The van der Waals surface area contributed by atoms with Crippen LogP contribution in [0.3, 0.4) is 0 Å². The third kappa shape index (κ3) is 4.99. The number of thiazole rings is 1. The van der Waals surface area contributed by atoms with Gasteiger partial charge in [-0.1, -0.05) is 20.8 Å². The number of carbonyl (C=O) groups is 1. The van der Waals surface area contributed by atoms with Crippen molar-refractivity contribution >= 4 is 17.2 Å². The molecule has 0 radical (unpaired) electrons. The lowest BCUT2D eigenvalue weighted by Gasteiger charge is -2.15. The Hall–Kier alpha value is -2.44. The number of carbonyl (C=O) groups excluding carboxylic acids is 1. The molecular formula is C21H22F3N3O2S. The lowest BCUT2D eigenvalue weighted by molar-refractivity contribution is -0.137. The highest BCUT2D eigenvalue weighted by Crippen LogP contribution is 2.31. The summed E-state index contributed by atoms with van der Waals surface area (Å²) in [6.45, 7) is 7.28. The van der Waals surface area contributed by atoms with Crippen LogP contribution in [0.1, 0.15) is 60.0 Å². The van der Waals surface area contributed by atoms with E-state index in [0.717, 1.165) is 29.9 Å². The summed E-state index contributed by atoms with van der Waals surface area (Å²) in [5.74, 6) is -0.874. The highest BCUT2D eigenvalue weighted by molar-refractivity contribution is 7.09. The third-order valence-electron chi connectivity index (χ3n) is 4.78. The van der Waals surface area contributed by atoms with Crippen molar-refractivity contribution in [2.45, 2.75) is 57.9 Å². The molecule has 160 valence electrons. The number of alkyl halides is 3. The normalized spacial score (nSPS) is 17.9. The zero-order valence-electron chi connectivity index (χ0n) is 16.9. The summed E-state index contributed by atoms with van der Waals surface area (Å²) in [6.07, 6.45) is -0.846. The average molecular weight is 437 g/mol. The Morgan fingerprint density at radius 3 is 2.67 bits per heavy atom. The van der Waals surface area contributed by atoms with E-state index in [1.54, 1.807) is 6.07 Å². The van der Waals surface area contributed by atoms with Crippen LogP contribution in [0, 0.1) is 11.3 Å². The van der Waals surface area contributed by atoms with Crippen LogP contribution in [0.5, 0.6) is 0 Å². The molecule has 1 aliphatic heterocycles. The molecule has 0 bridgehead atoms. The number of nitrogens with zero attached hydrogens (tertiary/aromatic N) is 3. The summed E-state index contributed by atoms with van der Waals surface area (Å²) in [6, 6.07) is 4.25. The van der Waals surface area contributed by atoms with E-state index in [1.807, 2.05) is 31.5 Å². The fourth-order valence-electron chi connectivity index (χ4n) is 3.09. The number of hydrogen-bond donors (Lipinski definition) is 0. The molecule has 30 heavy (non-hydrogen) atoms. The van der Waals surface area contributed by atoms with Gasteiger partial charge in [-0.15, -0.1) is 11.3 Å². The van der Waals surface area contributed by atoms with Crippen LogP contribution >= 0.6 is 11.3 Å². The average Bonchev–Trinajstić information content (AvgIpc) is 3.31. The van der Waals surface area contributed by atoms with Crippen molar-refractivity contribution < 1.29 is 22.7 Å². The summed E-state index contributed by atoms with van der Waals surface area (Å²) in [5.41, 5.74) is -1.68. The van der Waals surface area contributed by atoms with Crippen LogP contribution < -0.4 is 4.80 Å². The van der Waals surface area contributed by atoms with Crippen molar-refractivity contribution in [1.82, 2.24) is 4.57 Å². The van der Waals surface area contributed by atoms with Crippen LogP contribution in [0.2, 0.25) is 0 Å².